The zero-order valence-corrected chi connectivity index (χ0v) is 29.7. The van der Waals surface area contributed by atoms with Crippen LogP contribution in [0.2, 0.25) is 0 Å². The minimum Gasteiger partial charge on any atom is -0.457 e. The number of ether oxygens (including phenoxy) is 1. The molecule has 8 aromatic carbocycles. The number of thiophene rings is 2. The van der Waals surface area contributed by atoms with Crippen LogP contribution >= 0.6 is 22.7 Å². The second-order valence-corrected chi connectivity index (χ2v) is 15.7. The van der Waals surface area contributed by atoms with Gasteiger partial charge in [0.1, 0.15) is 11.5 Å². The van der Waals surface area contributed by atoms with Gasteiger partial charge >= 0.3 is 0 Å². The summed E-state index contributed by atoms with van der Waals surface area (Å²) < 4.78 is 12.1. The molecular weight excluding hydrogens is 669 g/mol. The molecule has 1 aliphatic rings. The molecule has 0 saturated heterocycles. The fourth-order valence-electron chi connectivity index (χ4n) is 8.49. The highest BCUT2D eigenvalue weighted by molar-refractivity contribution is 7.26. The summed E-state index contributed by atoms with van der Waals surface area (Å²) >= 11 is 3.77. The van der Waals surface area contributed by atoms with E-state index in [4.69, 9.17) is 4.74 Å². The van der Waals surface area contributed by atoms with E-state index in [2.05, 4.69) is 182 Å². The van der Waals surface area contributed by atoms with Crippen molar-refractivity contribution in [3.8, 4) is 33.8 Å². The van der Waals surface area contributed by atoms with Gasteiger partial charge in [0.25, 0.3) is 0 Å². The topological polar surface area (TPSA) is 9.23 Å². The Labute approximate surface area is 309 Å². The van der Waals surface area contributed by atoms with Crippen LogP contribution in [0.25, 0.3) is 62.6 Å². The Kier molecular flexibility index (Phi) is 6.57. The van der Waals surface area contributed by atoms with Gasteiger partial charge in [0.05, 0.1) is 5.41 Å². The second kappa shape index (κ2) is 11.5. The van der Waals surface area contributed by atoms with Crippen LogP contribution in [0.3, 0.4) is 0 Å². The lowest BCUT2D eigenvalue weighted by Gasteiger charge is -2.41. The Hall–Kier alpha value is -6.00. The summed E-state index contributed by atoms with van der Waals surface area (Å²) in [5.41, 5.74) is 9.13. The molecule has 10 aromatic rings. The van der Waals surface area contributed by atoms with Crippen molar-refractivity contribution in [1.29, 1.82) is 0 Å². The minimum absolute atomic E-state index is 0.515. The number of benzene rings is 8. The monoisotopic (exact) mass is 698 g/mol. The molecule has 0 unspecified atom stereocenters. The van der Waals surface area contributed by atoms with Crippen LogP contribution in [0.1, 0.15) is 22.3 Å². The van der Waals surface area contributed by atoms with E-state index >= 15 is 0 Å². The number of hydrogen-bond donors (Lipinski definition) is 0. The lowest BCUT2D eigenvalue weighted by Crippen LogP contribution is -2.34. The molecule has 0 aliphatic carbocycles. The highest BCUT2D eigenvalue weighted by Gasteiger charge is 2.45. The highest BCUT2D eigenvalue weighted by atomic mass is 32.1. The van der Waals surface area contributed by atoms with Crippen molar-refractivity contribution in [2.24, 2.45) is 0 Å². The van der Waals surface area contributed by atoms with E-state index in [0.717, 1.165) is 28.2 Å². The summed E-state index contributed by atoms with van der Waals surface area (Å²) in [7, 11) is 0. The molecule has 0 bridgehead atoms. The SMILES string of the molecule is c1ccc(C2(c3ccccc3)c3ccccc3Oc3cc(-c4ccc5c(c4)sc4cc(-c6cccc7c6sc6ccccc67)ccc45)ccc32)cc1. The van der Waals surface area contributed by atoms with Gasteiger partial charge in [0, 0.05) is 51.5 Å². The maximum absolute atomic E-state index is 6.78. The Bertz CT molecular complexity index is 2950. The zero-order valence-electron chi connectivity index (χ0n) is 28.0. The van der Waals surface area contributed by atoms with Gasteiger partial charge in [0.15, 0.2) is 0 Å². The van der Waals surface area contributed by atoms with Gasteiger partial charge in [-0.15, -0.1) is 22.7 Å². The normalized spacial score (nSPS) is 13.3. The largest absolute Gasteiger partial charge is 0.457 e. The lowest BCUT2D eigenvalue weighted by atomic mass is 9.63. The van der Waals surface area contributed by atoms with Crippen LogP contribution in [-0.4, -0.2) is 0 Å². The van der Waals surface area contributed by atoms with Crippen LogP contribution in [0.15, 0.2) is 182 Å². The molecule has 0 radical (unpaired) electrons. The molecule has 3 heterocycles. The summed E-state index contributed by atoms with van der Waals surface area (Å²) in [5.74, 6) is 1.78. The van der Waals surface area contributed by atoms with Crippen LogP contribution in [0.5, 0.6) is 11.5 Å². The first-order chi connectivity index (χ1) is 25.8. The zero-order chi connectivity index (χ0) is 34.2. The molecular formula is C49H30OS2. The quantitative estimate of drug-likeness (QED) is 0.178. The molecule has 11 rings (SSSR count). The molecule has 0 saturated carbocycles. The van der Waals surface area contributed by atoms with E-state index < -0.39 is 5.41 Å². The lowest BCUT2D eigenvalue weighted by molar-refractivity contribution is 0.435. The molecule has 0 atom stereocenters. The van der Waals surface area contributed by atoms with Crippen molar-refractivity contribution in [2.75, 3.05) is 0 Å². The first-order valence-electron chi connectivity index (χ1n) is 17.7. The van der Waals surface area contributed by atoms with E-state index in [1.165, 1.54) is 68.2 Å². The molecule has 3 heteroatoms. The molecule has 0 fully saturated rings. The van der Waals surface area contributed by atoms with Gasteiger partial charge in [-0.2, -0.15) is 0 Å². The third-order valence-electron chi connectivity index (χ3n) is 10.8. The Morgan fingerprint density at radius 3 is 1.73 bits per heavy atom. The fourth-order valence-corrected chi connectivity index (χ4v) is 10.9. The summed E-state index contributed by atoms with van der Waals surface area (Å²) in [6, 6.07) is 66.4. The summed E-state index contributed by atoms with van der Waals surface area (Å²) in [6.45, 7) is 0. The molecule has 52 heavy (non-hydrogen) atoms. The van der Waals surface area contributed by atoms with Gasteiger partial charge in [-0.25, -0.2) is 0 Å². The molecule has 2 aromatic heterocycles. The van der Waals surface area contributed by atoms with Gasteiger partial charge in [-0.3, -0.25) is 0 Å². The van der Waals surface area contributed by atoms with E-state index in [0.29, 0.717) is 0 Å². The van der Waals surface area contributed by atoms with Crippen molar-refractivity contribution >= 4 is 63.0 Å². The number of hydrogen-bond acceptors (Lipinski definition) is 3. The molecule has 1 nitrogen and oxygen atoms in total. The third kappa shape index (κ3) is 4.33. The number of para-hydroxylation sites is 1. The average Bonchev–Trinajstić information content (AvgIpc) is 3.78. The molecule has 0 spiro atoms. The molecule has 0 amide bonds. The Balaban J connectivity index is 1.04. The predicted molar refractivity (Wildman–Crippen MR) is 221 cm³/mol. The average molecular weight is 699 g/mol. The first-order valence-corrected chi connectivity index (χ1v) is 19.3. The molecule has 0 N–H and O–H groups in total. The van der Waals surface area contributed by atoms with E-state index in [9.17, 15) is 0 Å². The van der Waals surface area contributed by atoms with Crippen LogP contribution in [0.4, 0.5) is 0 Å². The van der Waals surface area contributed by atoms with Gasteiger partial charge in [-0.1, -0.05) is 152 Å². The van der Waals surface area contributed by atoms with E-state index in [-0.39, 0.29) is 0 Å². The Morgan fingerprint density at radius 2 is 0.942 bits per heavy atom. The van der Waals surface area contributed by atoms with Crippen molar-refractivity contribution in [1.82, 2.24) is 0 Å². The fraction of sp³-hybridized carbons (Fsp3) is 0.0204. The molecule has 1 aliphatic heterocycles. The van der Waals surface area contributed by atoms with Crippen molar-refractivity contribution < 1.29 is 4.74 Å². The van der Waals surface area contributed by atoms with Crippen LogP contribution < -0.4 is 4.74 Å². The number of rotatable bonds is 4. The van der Waals surface area contributed by atoms with Gasteiger partial charge in [-0.05, 0) is 63.7 Å². The highest BCUT2D eigenvalue weighted by Crippen LogP contribution is 2.56. The van der Waals surface area contributed by atoms with Gasteiger partial charge in [0.2, 0.25) is 0 Å². The van der Waals surface area contributed by atoms with Crippen LogP contribution in [-0.2, 0) is 5.41 Å². The predicted octanol–water partition coefficient (Wildman–Crippen LogP) is 14.2. The summed E-state index contributed by atoms with van der Waals surface area (Å²) in [5, 5.41) is 5.27. The van der Waals surface area contributed by atoms with Crippen molar-refractivity contribution in [3.63, 3.8) is 0 Å². The molecule has 244 valence electrons. The maximum Gasteiger partial charge on any atom is 0.132 e. The van der Waals surface area contributed by atoms with Crippen LogP contribution in [0, 0.1) is 0 Å². The second-order valence-electron chi connectivity index (χ2n) is 13.6. The van der Waals surface area contributed by atoms with E-state index in [1.54, 1.807) is 0 Å². The standard InChI is InChI=1S/C49H30OS2/c1-3-12-34(13-4-1)49(35-14-5-2-6-15-35)41-19-8-9-20-43(41)50-44-28-31(24-27-42(44)49)32-22-25-38-39-26-23-33(30-47(39)51-46(38)29-32)36-17-11-18-40-37-16-7-10-21-45(37)52-48(36)40/h1-30H. The third-order valence-corrected chi connectivity index (χ3v) is 13.2. The number of fused-ring (bicyclic) bond motifs is 8. The van der Waals surface area contributed by atoms with Gasteiger partial charge < -0.3 is 4.74 Å². The van der Waals surface area contributed by atoms with Crippen molar-refractivity contribution in [2.45, 2.75) is 5.41 Å². The van der Waals surface area contributed by atoms with E-state index in [1.807, 2.05) is 22.7 Å². The minimum atomic E-state index is -0.515. The summed E-state index contributed by atoms with van der Waals surface area (Å²) in [6.07, 6.45) is 0. The maximum atomic E-state index is 6.78. The van der Waals surface area contributed by atoms with Crippen molar-refractivity contribution in [3.05, 3.63) is 204 Å². The Morgan fingerprint density at radius 1 is 0.365 bits per heavy atom. The smallest absolute Gasteiger partial charge is 0.132 e. The summed E-state index contributed by atoms with van der Waals surface area (Å²) in [4.78, 5) is 0. The first kappa shape index (κ1) is 29.7.